The van der Waals surface area contributed by atoms with Gasteiger partial charge in [-0.15, -0.1) is 11.8 Å². The zero-order valence-electron chi connectivity index (χ0n) is 13.8. The van der Waals surface area contributed by atoms with Crippen molar-refractivity contribution in [2.24, 2.45) is 0 Å². The molecule has 1 aromatic carbocycles. The second-order valence-electron chi connectivity index (χ2n) is 6.95. The Bertz CT molecular complexity index is 716. The van der Waals surface area contributed by atoms with Gasteiger partial charge in [-0.25, -0.2) is 0 Å². The second kappa shape index (κ2) is 6.40. The molecule has 0 unspecified atom stereocenters. The third-order valence-corrected chi connectivity index (χ3v) is 4.95. The van der Waals surface area contributed by atoms with Crippen LogP contribution in [0, 0.1) is 0 Å². The number of fused-ring (bicyclic) bond motifs is 1. The molecule has 1 N–H and O–H groups in total. The average Bonchev–Trinajstić information content (AvgIpc) is 3.12. The van der Waals surface area contributed by atoms with Gasteiger partial charge in [-0.2, -0.15) is 0 Å². The Morgan fingerprint density at radius 3 is 2.78 bits per heavy atom. The van der Waals surface area contributed by atoms with E-state index < -0.39 is 0 Å². The number of amides is 1. The summed E-state index contributed by atoms with van der Waals surface area (Å²) in [5, 5.41) is 6.70. The maximum Gasteiger partial charge on any atom is 0.235 e. The van der Waals surface area contributed by atoms with Gasteiger partial charge in [-0.05, 0) is 42.5 Å². The van der Waals surface area contributed by atoms with Crippen LogP contribution in [0.25, 0.3) is 0 Å². The molecule has 2 aromatic rings. The molecule has 23 heavy (non-hydrogen) atoms. The summed E-state index contributed by atoms with van der Waals surface area (Å²) in [5.41, 5.74) is 2.77. The largest absolute Gasteiger partial charge is 0.359 e. The third-order valence-electron chi connectivity index (χ3n) is 3.96. The number of aromatic nitrogens is 1. The maximum absolute atomic E-state index is 12.1. The molecule has 4 nitrogen and oxygen atoms in total. The lowest BCUT2D eigenvalue weighted by atomic mass is 9.93. The van der Waals surface area contributed by atoms with Gasteiger partial charge in [0, 0.05) is 16.4 Å². The first-order valence-electron chi connectivity index (χ1n) is 7.93. The number of hydrogen-bond donors (Lipinski definition) is 1. The van der Waals surface area contributed by atoms with E-state index in [1.807, 2.05) is 20.8 Å². The molecule has 0 atom stereocenters. The Kier molecular flexibility index (Phi) is 4.48. The quantitative estimate of drug-likeness (QED) is 0.854. The summed E-state index contributed by atoms with van der Waals surface area (Å²) in [6.07, 6.45) is 3.58. The van der Waals surface area contributed by atoms with Crippen LogP contribution in [0.15, 0.2) is 33.7 Å². The van der Waals surface area contributed by atoms with Gasteiger partial charge in [0.25, 0.3) is 0 Å². The Labute approximate surface area is 141 Å². The molecular formula is C18H22N2O2S. The number of aryl methyl sites for hydroxylation is 2. The van der Waals surface area contributed by atoms with Crippen LogP contribution >= 0.6 is 11.8 Å². The van der Waals surface area contributed by atoms with E-state index >= 15 is 0 Å². The lowest BCUT2D eigenvalue weighted by Gasteiger charge is -2.12. The van der Waals surface area contributed by atoms with Gasteiger partial charge in [-0.3, -0.25) is 4.79 Å². The lowest BCUT2D eigenvalue weighted by Crippen LogP contribution is -2.14. The van der Waals surface area contributed by atoms with Crippen LogP contribution in [0.5, 0.6) is 0 Å². The highest BCUT2D eigenvalue weighted by Gasteiger charge is 2.20. The summed E-state index contributed by atoms with van der Waals surface area (Å²) in [4.78, 5) is 13.2. The first-order valence-corrected chi connectivity index (χ1v) is 8.92. The SMILES string of the molecule is CC(C)(C)c1cc(NC(=O)CSc2ccc3c(c2)CCC3)no1. The molecule has 0 fully saturated rings. The lowest BCUT2D eigenvalue weighted by molar-refractivity contribution is -0.113. The molecule has 0 aliphatic heterocycles. The molecule has 5 heteroatoms. The van der Waals surface area contributed by atoms with Crippen LogP contribution in [0.2, 0.25) is 0 Å². The van der Waals surface area contributed by atoms with E-state index in [-0.39, 0.29) is 11.3 Å². The Morgan fingerprint density at radius 2 is 2.04 bits per heavy atom. The number of carbonyl (C=O) groups is 1. The minimum Gasteiger partial charge on any atom is -0.359 e. The number of thioether (sulfide) groups is 1. The number of carbonyl (C=O) groups excluding carboxylic acids is 1. The predicted molar refractivity (Wildman–Crippen MR) is 93.0 cm³/mol. The normalized spacial score (nSPS) is 13.9. The molecule has 1 aliphatic rings. The van der Waals surface area contributed by atoms with Crippen molar-refractivity contribution < 1.29 is 9.32 Å². The Balaban J connectivity index is 1.54. The fraction of sp³-hybridized carbons (Fsp3) is 0.444. The van der Waals surface area contributed by atoms with E-state index in [1.54, 1.807) is 17.8 Å². The van der Waals surface area contributed by atoms with E-state index in [2.05, 4.69) is 28.7 Å². The smallest absolute Gasteiger partial charge is 0.235 e. The highest BCUT2D eigenvalue weighted by molar-refractivity contribution is 8.00. The highest BCUT2D eigenvalue weighted by atomic mass is 32.2. The molecule has 3 rings (SSSR count). The van der Waals surface area contributed by atoms with Gasteiger partial charge in [0.1, 0.15) is 5.76 Å². The minimum absolute atomic E-state index is 0.0655. The van der Waals surface area contributed by atoms with Crippen molar-refractivity contribution in [2.45, 2.75) is 50.3 Å². The monoisotopic (exact) mass is 330 g/mol. The van der Waals surface area contributed by atoms with Gasteiger partial charge in [0.05, 0.1) is 5.75 Å². The van der Waals surface area contributed by atoms with Crippen molar-refractivity contribution in [1.29, 1.82) is 0 Å². The van der Waals surface area contributed by atoms with Gasteiger partial charge in [0.2, 0.25) is 5.91 Å². The molecule has 1 heterocycles. The first-order chi connectivity index (χ1) is 10.9. The van der Waals surface area contributed by atoms with Crippen LogP contribution in [-0.2, 0) is 23.1 Å². The predicted octanol–water partition coefficient (Wildman–Crippen LogP) is 4.19. The number of anilines is 1. The van der Waals surface area contributed by atoms with Gasteiger partial charge in [0.15, 0.2) is 5.82 Å². The van der Waals surface area contributed by atoms with Crippen molar-refractivity contribution in [1.82, 2.24) is 5.16 Å². The molecule has 0 bridgehead atoms. The van der Waals surface area contributed by atoms with Gasteiger partial charge >= 0.3 is 0 Å². The maximum atomic E-state index is 12.1. The fourth-order valence-corrected chi connectivity index (χ4v) is 3.41. The van der Waals surface area contributed by atoms with Crippen molar-refractivity contribution in [3.63, 3.8) is 0 Å². The van der Waals surface area contributed by atoms with Crippen molar-refractivity contribution >= 4 is 23.5 Å². The Morgan fingerprint density at radius 1 is 1.26 bits per heavy atom. The van der Waals surface area contributed by atoms with E-state index in [0.717, 1.165) is 17.1 Å². The van der Waals surface area contributed by atoms with Crippen molar-refractivity contribution in [3.05, 3.63) is 41.2 Å². The van der Waals surface area contributed by atoms with Crippen molar-refractivity contribution in [3.8, 4) is 0 Å². The summed E-state index contributed by atoms with van der Waals surface area (Å²) in [6, 6.07) is 8.30. The summed E-state index contributed by atoms with van der Waals surface area (Å²) in [7, 11) is 0. The molecule has 0 saturated heterocycles. The Hall–Kier alpha value is -1.75. The van der Waals surface area contributed by atoms with Crippen LogP contribution in [0.3, 0.4) is 0 Å². The van der Waals surface area contributed by atoms with Crippen LogP contribution < -0.4 is 5.32 Å². The second-order valence-corrected chi connectivity index (χ2v) is 8.00. The average molecular weight is 330 g/mol. The first kappa shape index (κ1) is 16.1. The van der Waals surface area contributed by atoms with Crippen LogP contribution in [0.1, 0.15) is 44.1 Å². The topological polar surface area (TPSA) is 55.1 Å². The van der Waals surface area contributed by atoms with E-state index in [4.69, 9.17) is 4.52 Å². The van der Waals surface area contributed by atoms with Gasteiger partial charge < -0.3 is 9.84 Å². The molecule has 1 aromatic heterocycles. The molecule has 122 valence electrons. The number of rotatable bonds is 4. The summed E-state index contributed by atoms with van der Waals surface area (Å²) >= 11 is 1.56. The molecule has 0 saturated carbocycles. The molecule has 0 radical (unpaired) electrons. The number of nitrogens with zero attached hydrogens (tertiary/aromatic N) is 1. The van der Waals surface area contributed by atoms with E-state index in [9.17, 15) is 4.79 Å². The fourth-order valence-electron chi connectivity index (χ4n) is 2.65. The van der Waals surface area contributed by atoms with Crippen LogP contribution in [-0.4, -0.2) is 16.8 Å². The molecule has 1 amide bonds. The third kappa shape index (κ3) is 3.96. The summed E-state index contributed by atoms with van der Waals surface area (Å²) < 4.78 is 5.27. The number of benzene rings is 1. The van der Waals surface area contributed by atoms with Crippen LogP contribution in [0.4, 0.5) is 5.82 Å². The van der Waals surface area contributed by atoms with Gasteiger partial charge in [-0.1, -0.05) is 32.0 Å². The zero-order chi connectivity index (χ0) is 16.4. The zero-order valence-corrected chi connectivity index (χ0v) is 14.6. The number of nitrogens with one attached hydrogen (secondary N) is 1. The number of hydrogen-bond acceptors (Lipinski definition) is 4. The standard InChI is InChI=1S/C18H22N2O2S/c1-18(2,3)15-10-16(20-22-15)19-17(21)11-23-14-8-7-12-5-4-6-13(12)9-14/h7-10H,4-6,11H2,1-3H3,(H,19,20,21). The minimum atomic E-state index is -0.116. The van der Waals surface area contributed by atoms with E-state index in [1.165, 1.54) is 24.0 Å². The summed E-state index contributed by atoms with van der Waals surface area (Å²) in [5.74, 6) is 1.55. The van der Waals surface area contributed by atoms with E-state index in [0.29, 0.717) is 11.6 Å². The molecule has 1 aliphatic carbocycles. The summed E-state index contributed by atoms with van der Waals surface area (Å²) in [6.45, 7) is 6.13. The molecule has 0 spiro atoms. The van der Waals surface area contributed by atoms with Crippen molar-refractivity contribution in [2.75, 3.05) is 11.1 Å². The molecular weight excluding hydrogens is 308 g/mol. The highest BCUT2D eigenvalue weighted by Crippen LogP contribution is 2.28.